The van der Waals surface area contributed by atoms with Crippen molar-refractivity contribution in [1.29, 1.82) is 0 Å². The Bertz CT molecular complexity index is 734. The van der Waals surface area contributed by atoms with Gasteiger partial charge in [0.05, 0.1) is 5.56 Å². The van der Waals surface area contributed by atoms with E-state index in [2.05, 4.69) is 0 Å². The van der Waals surface area contributed by atoms with E-state index >= 15 is 0 Å². The van der Waals surface area contributed by atoms with Gasteiger partial charge in [0.2, 0.25) is 0 Å². The maximum atomic E-state index is 12.2. The van der Waals surface area contributed by atoms with Crippen molar-refractivity contribution >= 4 is 18.2 Å². The van der Waals surface area contributed by atoms with E-state index in [1.165, 1.54) is 19.1 Å². The Hall–Kier alpha value is -2.95. The lowest BCUT2D eigenvalue weighted by molar-refractivity contribution is -0.131. The Kier molecular flexibility index (Phi) is 4.68. The molecule has 2 aromatic carbocycles. The second-order valence-electron chi connectivity index (χ2n) is 4.64. The zero-order valence-corrected chi connectivity index (χ0v) is 12.2. The molecule has 112 valence electrons. The average Bonchev–Trinajstić information content (AvgIpc) is 2.48. The molecule has 0 aliphatic heterocycles. The van der Waals surface area contributed by atoms with Crippen molar-refractivity contribution < 1.29 is 23.9 Å². The first-order chi connectivity index (χ1) is 10.5. The van der Waals surface area contributed by atoms with E-state index in [0.29, 0.717) is 6.29 Å². The van der Waals surface area contributed by atoms with Gasteiger partial charge < -0.3 is 9.47 Å². The molecule has 0 radical (unpaired) electrons. The van der Waals surface area contributed by atoms with Crippen molar-refractivity contribution in [3.05, 3.63) is 59.2 Å². The topological polar surface area (TPSA) is 69.7 Å². The fourth-order valence-electron chi connectivity index (χ4n) is 1.89. The molecule has 2 rings (SSSR count). The van der Waals surface area contributed by atoms with Gasteiger partial charge in [0, 0.05) is 6.92 Å². The summed E-state index contributed by atoms with van der Waals surface area (Å²) in [6.45, 7) is 3.07. The first-order valence-electron chi connectivity index (χ1n) is 6.56. The highest BCUT2D eigenvalue weighted by atomic mass is 16.5. The first kappa shape index (κ1) is 15.4. The lowest BCUT2D eigenvalue weighted by atomic mass is 10.1. The largest absolute Gasteiger partial charge is 0.426 e. The van der Waals surface area contributed by atoms with Crippen LogP contribution in [0.5, 0.6) is 11.5 Å². The van der Waals surface area contributed by atoms with E-state index in [0.717, 1.165) is 5.56 Å². The number of hydrogen-bond donors (Lipinski definition) is 0. The number of esters is 2. The van der Waals surface area contributed by atoms with E-state index in [4.69, 9.17) is 9.47 Å². The number of aryl methyl sites for hydroxylation is 1. The quantitative estimate of drug-likeness (QED) is 0.493. The van der Waals surface area contributed by atoms with Gasteiger partial charge in [0.1, 0.15) is 17.1 Å². The van der Waals surface area contributed by atoms with E-state index in [-0.39, 0.29) is 22.6 Å². The summed E-state index contributed by atoms with van der Waals surface area (Å²) in [6.07, 6.45) is 0.619. The highest BCUT2D eigenvalue weighted by molar-refractivity contribution is 5.95. The number of rotatable bonds is 4. The maximum Gasteiger partial charge on any atom is 0.347 e. The van der Waals surface area contributed by atoms with Gasteiger partial charge in [0.25, 0.3) is 0 Å². The number of benzene rings is 2. The van der Waals surface area contributed by atoms with Gasteiger partial charge in [0.15, 0.2) is 6.29 Å². The highest BCUT2D eigenvalue weighted by Crippen LogP contribution is 2.23. The third-order valence-corrected chi connectivity index (χ3v) is 2.86. The molecular formula is C17H14O5. The molecule has 0 aromatic heterocycles. The fourth-order valence-corrected chi connectivity index (χ4v) is 1.89. The predicted molar refractivity (Wildman–Crippen MR) is 79.3 cm³/mol. The Balaban J connectivity index is 2.30. The van der Waals surface area contributed by atoms with Crippen LogP contribution in [0.3, 0.4) is 0 Å². The third-order valence-electron chi connectivity index (χ3n) is 2.86. The van der Waals surface area contributed by atoms with Crippen LogP contribution in [0.1, 0.15) is 33.2 Å². The molecule has 5 heteroatoms. The van der Waals surface area contributed by atoms with Crippen molar-refractivity contribution in [3.63, 3.8) is 0 Å². The first-order valence-corrected chi connectivity index (χ1v) is 6.56. The molecule has 0 unspecified atom stereocenters. The molecule has 0 N–H and O–H groups in total. The number of aldehydes is 1. The van der Waals surface area contributed by atoms with Gasteiger partial charge in [-0.1, -0.05) is 23.8 Å². The Labute approximate surface area is 127 Å². The fraction of sp³-hybridized carbons (Fsp3) is 0.118. The normalized spacial score (nSPS) is 9.91. The van der Waals surface area contributed by atoms with E-state index in [9.17, 15) is 14.4 Å². The minimum Gasteiger partial charge on any atom is -0.426 e. The molecular weight excluding hydrogens is 284 g/mol. The molecule has 0 bridgehead atoms. The van der Waals surface area contributed by atoms with Crippen molar-refractivity contribution in [2.24, 2.45) is 0 Å². The number of hydrogen-bond acceptors (Lipinski definition) is 5. The summed E-state index contributed by atoms with van der Waals surface area (Å²) in [6, 6.07) is 11.1. The van der Waals surface area contributed by atoms with Crippen molar-refractivity contribution in [2.45, 2.75) is 13.8 Å². The molecule has 0 fully saturated rings. The van der Waals surface area contributed by atoms with Crippen LogP contribution in [-0.4, -0.2) is 18.2 Å². The number of carbonyl (C=O) groups is 3. The van der Waals surface area contributed by atoms with Gasteiger partial charge in [-0.05, 0) is 31.2 Å². The van der Waals surface area contributed by atoms with E-state index in [1.54, 1.807) is 30.3 Å². The Morgan fingerprint density at radius 3 is 2.41 bits per heavy atom. The predicted octanol–water partition coefficient (Wildman–Crippen LogP) is 2.95. The van der Waals surface area contributed by atoms with Crippen LogP contribution in [-0.2, 0) is 4.79 Å². The summed E-state index contributed by atoms with van der Waals surface area (Å²) in [5, 5.41) is 0. The van der Waals surface area contributed by atoms with Crippen LogP contribution < -0.4 is 9.47 Å². The SMILES string of the molecule is CC(=O)Oc1ccccc1C(=O)Oc1ccc(C)cc1C=O. The highest BCUT2D eigenvalue weighted by Gasteiger charge is 2.17. The number of para-hydroxylation sites is 1. The Morgan fingerprint density at radius 2 is 1.73 bits per heavy atom. The lowest BCUT2D eigenvalue weighted by Gasteiger charge is -2.10. The molecule has 0 atom stereocenters. The van der Waals surface area contributed by atoms with Gasteiger partial charge in [-0.3, -0.25) is 9.59 Å². The van der Waals surface area contributed by atoms with Crippen molar-refractivity contribution in [3.8, 4) is 11.5 Å². The van der Waals surface area contributed by atoms with Gasteiger partial charge in [-0.15, -0.1) is 0 Å². The molecule has 0 aliphatic rings. The smallest absolute Gasteiger partial charge is 0.347 e. The number of carbonyl (C=O) groups excluding carboxylic acids is 3. The zero-order valence-electron chi connectivity index (χ0n) is 12.2. The third kappa shape index (κ3) is 3.58. The second-order valence-corrected chi connectivity index (χ2v) is 4.64. The maximum absolute atomic E-state index is 12.2. The van der Waals surface area contributed by atoms with Gasteiger partial charge in [-0.25, -0.2) is 4.79 Å². The van der Waals surface area contributed by atoms with E-state index in [1.807, 2.05) is 6.92 Å². The summed E-state index contributed by atoms with van der Waals surface area (Å²) in [4.78, 5) is 34.4. The summed E-state index contributed by atoms with van der Waals surface area (Å²) in [7, 11) is 0. The minimum absolute atomic E-state index is 0.107. The molecule has 22 heavy (non-hydrogen) atoms. The average molecular weight is 298 g/mol. The van der Waals surface area contributed by atoms with Crippen LogP contribution in [0.2, 0.25) is 0 Å². The Morgan fingerprint density at radius 1 is 1.00 bits per heavy atom. The minimum atomic E-state index is -0.705. The van der Waals surface area contributed by atoms with Crippen LogP contribution >= 0.6 is 0 Å². The number of ether oxygens (including phenoxy) is 2. The van der Waals surface area contributed by atoms with Crippen LogP contribution in [0.25, 0.3) is 0 Å². The molecule has 0 saturated carbocycles. The van der Waals surface area contributed by atoms with E-state index < -0.39 is 11.9 Å². The molecule has 0 amide bonds. The molecule has 0 heterocycles. The second kappa shape index (κ2) is 6.67. The lowest BCUT2D eigenvalue weighted by Crippen LogP contribution is -2.13. The molecule has 0 aliphatic carbocycles. The van der Waals surface area contributed by atoms with Gasteiger partial charge >= 0.3 is 11.9 Å². The molecule has 0 saturated heterocycles. The monoisotopic (exact) mass is 298 g/mol. The summed E-state index contributed by atoms with van der Waals surface area (Å²) in [5.74, 6) is -0.976. The molecule has 0 spiro atoms. The van der Waals surface area contributed by atoms with Gasteiger partial charge in [-0.2, -0.15) is 0 Å². The van der Waals surface area contributed by atoms with Crippen molar-refractivity contribution in [1.82, 2.24) is 0 Å². The summed E-state index contributed by atoms with van der Waals surface area (Å²) >= 11 is 0. The van der Waals surface area contributed by atoms with Crippen LogP contribution in [0.15, 0.2) is 42.5 Å². The summed E-state index contributed by atoms with van der Waals surface area (Å²) in [5.41, 5.74) is 1.26. The zero-order chi connectivity index (χ0) is 16.1. The van der Waals surface area contributed by atoms with Crippen LogP contribution in [0.4, 0.5) is 0 Å². The van der Waals surface area contributed by atoms with Crippen molar-refractivity contribution in [2.75, 3.05) is 0 Å². The van der Waals surface area contributed by atoms with Crippen LogP contribution in [0, 0.1) is 6.92 Å². The molecule has 5 nitrogen and oxygen atoms in total. The summed E-state index contributed by atoms with van der Waals surface area (Å²) < 4.78 is 10.2. The standard InChI is InChI=1S/C17H14O5/c1-11-7-8-15(13(9-11)10-18)22-17(20)14-5-3-4-6-16(14)21-12(2)19/h3-10H,1-2H3. The molecule has 2 aromatic rings.